The zero-order valence-corrected chi connectivity index (χ0v) is 20.4. The lowest BCUT2D eigenvalue weighted by Gasteiger charge is -2.13. The van der Waals surface area contributed by atoms with Crippen molar-refractivity contribution in [2.75, 3.05) is 17.7 Å². The van der Waals surface area contributed by atoms with Crippen LogP contribution in [-0.4, -0.2) is 23.0 Å². The number of nitrogens with one attached hydrogen (secondary N) is 2. The van der Waals surface area contributed by atoms with E-state index in [1.807, 2.05) is 92.7 Å². The molecule has 0 atom stereocenters. The Kier molecular flexibility index (Phi) is 6.33. The summed E-state index contributed by atoms with van der Waals surface area (Å²) < 4.78 is 5.40. The summed E-state index contributed by atoms with van der Waals surface area (Å²) in [5, 5.41) is 7.24. The third-order valence-corrected chi connectivity index (χ3v) is 6.07. The van der Waals surface area contributed by atoms with E-state index in [0.29, 0.717) is 11.5 Å². The number of para-hydroxylation sites is 1. The number of aromatic nitrogens is 2. The summed E-state index contributed by atoms with van der Waals surface area (Å²) >= 11 is 0. The fourth-order valence-electron chi connectivity index (χ4n) is 4.14. The first-order valence-electron chi connectivity index (χ1n) is 11.7. The third-order valence-electron chi connectivity index (χ3n) is 6.07. The van der Waals surface area contributed by atoms with Gasteiger partial charge in [-0.05, 0) is 61.4 Å². The number of anilines is 3. The molecule has 0 spiro atoms. The molecule has 5 rings (SSSR count). The van der Waals surface area contributed by atoms with E-state index >= 15 is 0 Å². The molecule has 0 radical (unpaired) electrons. The average molecular weight is 475 g/mol. The van der Waals surface area contributed by atoms with Crippen LogP contribution in [0, 0.1) is 13.8 Å². The van der Waals surface area contributed by atoms with Crippen molar-refractivity contribution in [2.24, 2.45) is 0 Å². The maximum absolute atomic E-state index is 12.8. The molecule has 0 saturated carbocycles. The van der Waals surface area contributed by atoms with Gasteiger partial charge in [0.15, 0.2) is 0 Å². The molecular weight excluding hydrogens is 448 g/mol. The summed E-state index contributed by atoms with van der Waals surface area (Å²) in [6.45, 7) is 3.97. The summed E-state index contributed by atoms with van der Waals surface area (Å²) in [5.74, 6) is 1.03. The lowest BCUT2D eigenvalue weighted by molar-refractivity contribution is 0.102. The lowest BCUT2D eigenvalue weighted by Crippen LogP contribution is -2.13. The summed E-state index contributed by atoms with van der Waals surface area (Å²) in [7, 11) is 1.64. The molecule has 5 aromatic rings. The molecule has 6 heteroatoms. The normalized spacial score (nSPS) is 10.8. The van der Waals surface area contributed by atoms with Crippen molar-refractivity contribution < 1.29 is 9.53 Å². The minimum atomic E-state index is -0.153. The van der Waals surface area contributed by atoms with Gasteiger partial charge in [-0.15, -0.1) is 0 Å². The van der Waals surface area contributed by atoms with Crippen molar-refractivity contribution >= 4 is 34.1 Å². The van der Waals surface area contributed by atoms with Gasteiger partial charge in [0.25, 0.3) is 5.91 Å². The maximum Gasteiger partial charge on any atom is 0.255 e. The van der Waals surface area contributed by atoms with E-state index in [1.54, 1.807) is 19.2 Å². The van der Waals surface area contributed by atoms with Crippen LogP contribution in [0.3, 0.4) is 0 Å². The Bertz CT molecular complexity index is 1530. The summed E-state index contributed by atoms with van der Waals surface area (Å²) in [4.78, 5) is 22.4. The predicted octanol–water partition coefficient (Wildman–Crippen LogP) is 6.92. The van der Waals surface area contributed by atoms with Crippen LogP contribution in [0.2, 0.25) is 0 Å². The molecule has 1 aromatic heterocycles. The number of ether oxygens (including phenoxy) is 1. The van der Waals surface area contributed by atoms with Crippen molar-refractivity contribution in [2.45, 2.75) is 13.8 Å². The SMILES string of the molecule is COc1ccc2c(-c3ccccc3)nc(Nc3ccc(C(=O)Nc4c(C)cccc4C)cc3)nc2c1. The number of rotatable bonds is 6. The third kappa shape index (κ3) is 4.74. The number of carbonyl (C=O) groups excluding carboxylic acids is 1. The van der Waals surface area contributed by atoms with Crippen molar-refractivity contribution in [3.8, 4) is 17.0 Å². The molecule has 0 saturated heterocycles. The monoisotopic (exact) mass is 474 g/mol. The van der Waals surface area contributed by atoms with E-state index < -0.39 is 0 Å². The molecule has 4 aromatic carbocycles. The predicted molar refractivity (Wildman–Crippen MR) is 145 cm³/mol. The molecule has 0 bridgehead atoms. The fourth-order valence-corrected chi connectivity index (χ4v) is 4.14. The van der Waals surface area contributed by atoms with Crippen molar-refractivity contribution in [3.63, 3.8) is 0 Å². The van der Waals surface area contributed by atoms with Gasteiger partial charge in [0, 0.05) is 34.0 Å². The zero-order valence-electron chi connectivity index (χ0n) is 20.4. The fraction of sp³-hybridized carbons (Fsp3) is 0.100. The van der Waals surface area contributed by atoms with E-state index in [0.717, 1.165) is 50.4 Å². The first-order valence-corrected chi connectivity index (χ1v) is 11.7. The van der Waals surface area contributed by atoms with Crippen LogP contribution in [0.15, 0.2) is 91.0 Å². The Morgan fingerprint density at radius 2 is 1.53 bits per heavy atom. The highest BCUT2D eigenvalue weighted by Gasteiger charge is 2.13. The minimum Gasteiger partial charge on any atom is -0.497 e. The Hall–Kier alpha value is -4.71. The van der Waals surface area contributed by atoms with Crippen LogP contribution in [0.1, 0.15) is 21.5 Å². The standard InChI is InChI=1S/C30H26N4O2/c1-19-8-7-9-20(2)27(19)33-29(35)22-12-14-23(15-13-22)31-30-32-26-18-24(36-3)16-17-25(26)28(34-30)21-10-5-4-6-11-21/h4-18H,1-3H3,(H,33,35)(H,31,32,34). The summed E-state index contributed by atoms with van der Waals surface area (Å²) in [5.41, 5.74) is 6.85. The molecular formula is C30H26N4O2. The molecule has 1 amide bonds. The Balaban J connectivity index is 1.43. The van der Waals surface area contributed by atoms with Crippen LogP contribution < -0.4 is 15.4 Å². The van der Waals surface area contributed by atoms with Gasteiger partial charge in [-0.3, -0.25) is 4.79 Å². The number of fused-ring (bicyclic) bond motifs is 1. The first kappa shape index (κ1) is 23.1. The van der Waals surface area contributed by atoms with Crippen LogP contribution in [0.4, 0.5) is 17.3 Å². The van der Waals surface area contributed by atoms with E-state index in [9.17, 15) is 4.79 Å². The topological polar surface area (TPSA) is 76.1 Å². The van der Waals surface area contributed by atoms with Crippen molar-refractivity contribution in [3.05, 3.63) is 108 Å². The highest BCUT2D eigenvalue weighted by Crippen LogP contribution is 2.30. The smallest absolute Gasteiger partial charge is 0.255 e. The average Bonchev–Trinajstić information content (AvgIpc) is 2.91. The van der Waals surface area contributed by atoms with Crippen LogP contribution >= 0.6 is 0 Å². The zero-order chi connectivity index (χ0) is 25.1. The number of methoxy groups -OCH3 is 1. The lowest BCUT2D eigenvalue weighted by atomic mass is 10.1. The van der Waals surface area contributed by atoms with Gasteiger partial charge >= 0.3 is 0 Å². The highest BCUT2D eigenvalue weighted by molar-refractivity contribution is 6.05. The highest BCUT2D eigenvalue weighted by atomic mass is 16.5. The van der Waals surface area contributed by atoms with Gasteiger partial charge in [0.2, 0.25) is 5.95 Å². The van der Waals surface area contributed by atoms with E-state index in [4.69, 9.17) is 14.7 Å². The molecule has 0 aliphatic rings. The summed E-state index contributed by atoms with van der Waals surface area (Å²) in [6, 6.07) is 29.0. The number of benzene rings is 4. The van der Waals surface area contributed by atoms with Gasteiger partial charge in [-0.1, -0.05) is 48.5 Å². The largest absolute Gasteiger partial charge is 0.497 e. The Labute approximate surface area is 210 Å². The Morgan fingerprint density at radius 1 is 0.806 bits per heavy atom. The number of hydrogen-bond acceptors (Lipinski definition) is 5. The molecule has 36 heavy (non-hydrogen) atoms. The second kappa shape index (κ2) is 9.88. The molecule has 6 nitrogen and oxygen atoms in total. The van der Waals surface area contributed by atoms with E-state index in [1.165, 1.54) is 0 Å². The number of hydrogen-bond donors (Lipinski definition) is 2. The molecule has 2 N–H and O–H groups in total. The molecule has 178 valence electrons. The Morgan fingerprint density at radius 3 is 2.22 bits per heavy atom. The first-order chi connectivity index (χ1) is 17.5. The molecule has 0 aliphatic carbocycles. The van der Waals surface area contributed by atoms with Crippen LogP contribution in [-0.2, 0) is 0 Å². The minimum absolute atomic E-state index is 0.153. The second-order valence-electron chi connectivity index (χ2n) is 8.57. The molecule has 0 unspecified atom stereocenters. The van der Waals surface area contributed by atoms with Crippen LogP contribution in [0.25, 0.3) is 22.2 Å². The van der Waals surface area contributed by atoms with Gasteiger partial charge in [-0.2, -0.15) is 0 Å². The number of amides is 1. The van der Waals surface area contributed by atoms with Crippen molar-refractivity contribution in [1.82, 2.24) is 9.97 Å². The molecule has 1 heterocycles. The molecule has 0 fully saturated rings. The van der Waals surface area contributed by atoms with Gasteiger partial charge in [0.1, 0.15) is 5.75 Å². The van der Waals surface area contributed by atoms with Crippen molar-refractivity contribution in [1.29, 1.82) is 0 Å². The quantitative estimate of drug-likeness (QED) is 0.279. The molecule has 0 aliphatic heterocycles. The van der Waals surface area contributed by atoms with Gasteiger partial charge in [-0.25, -0.2) is 9.97 Å². The second-order valence-corrected chi connectivity index (χ2v) is 8.57. The van der Waals surface area contributed by atoms with Crippen LogP contribution in [0.5, 0.6) is 5.75 Å². The number of nitrogens with zero attached hydrogens (tertiary/aromatic N) is 2. The summed E-state index contributed by atoms with van der Waals surface area (Å²) in [6.07, 6.45) is 0. The maximum atomic E-state index is 12.8. The number of carbonyl (C=O) groups is 1. The van der Waals surface area contributed by atoms with Gasteiger partial charge in [0.05, 0.1) is 18.3 Å². The van der Waals surface area contributed by atoms with Gasteiger partial charge < -0.3 is 15.4 Å². The number of aryl methyl sites for hydroxylation is 2. The van der Waals surface area contributed by atoms with E-state index in [-0.39, 0.29) is 5.91 Å². The van der Waals surface area contributed by atoms with E-state index in [2.05, 4.69) is 10.6 Å².